The van der Waals surface area contributed by atoms with Crippen molar-refractivity contribution in [3.05, 3.63) is 0 Å². The SMILES string of the molecule is CCOC(=O)C(C)NC1CCN(CC(C)C)CC1. The van der Waals surface area contributed by atoms with E-state index in [1.54, 1.807) is 0 Å². The van der Waals surface area contributed by atoms with Gasteiger partial charge in [-0.1, -0.05) is 13.8 Å². The molecule has 4 nitrogen and oxygen atoms in total. The maximum absolute atomic E-state index is 11.5. The Balaban J connectivity index is 2.24. The Morgan fingerprint density at radius 3 is 2.44 bits per heavy atom. The van der Waals surface area contributed by atoms with Gasteiger partial charge in [0.2, 0.25) is 0 Å². The fourth-order valence-corrected chi connectivity index (χ4v) is 2.49. The highest BCUT2D eigenvalue weighted by atomic mass is 16.5. The third-order valence-corrected chi connectivity index (χ3v) is 3.34. The Bertz CT molecular complexity index is 248. The molecule has 1 rings (SSSR count). The van der Waals surface area contributed by atoms with E-state index in [-0.39, 0.29) is 12.0 Å². The van der Waals surface area contributed by atoms with Crippen molar-refractivity contribution in [2.24, 2.45) is 5.92 Å². The number of carbonyl (C=O) groups excluding carboxylic acids is 1. The van der Waals surface area contributed by atoms with E-state index < -0.39 is 0 Å². The number of piperidine rings is 1. The lowest BCUT2D eigenvalue weighted by Crippen LogP contribution is -2.48. The first-order valence-corrected chi connectivity index (χ1v) is 7.18. The molecule has 4 heteroatoms. The van der Waals surface area contributed by atoms with Crippen molar-refractivity contribution in [2.75, 3.05) is 26.2 Å². The maximum atomic E-state index is 11.5. The number of esters is 1. The van der Waals surface area contributed by atoms with Gasteiger partial charge < -0.3 is 15.0 Å². The molecule has 18 heavy (non-hydrogen) atoms. The first-order valence-electron chi connectivity index (χ1n) is 7.18. The highest BCUT2D eigenvalue weighted by molar-refractivity contribution is 5.75. The summed E-state index contributed by atoms with van der Waals surface area (Å²) in [6.45, 7) is 12.1. The fraction of sp³-hybridized carbons (Fsp3) is 0.929. The summed E-state index contributed by atoms with van der Waals surface area (Å²) >= 11 is 0. The second kappa shape index (κ2) is 7.74. The number of rotatable bonds is 6. The van der Waals surface area contributed by atoms with E-state index in [1.807, 2.05) is 13.8 Å². The predicted molar refractivity (Wildman–Crippen MR) is 73.5 cm³/mol. The Labute approximate surface area is 111 Å². The summed E-state index contributed by atoms with van der Waals surface area (Å²) in [5, 5.41) is 3.38. The topological polar surface area (TPSA) is 41.6 Å². The molecule has 1 heterocycles. The first kappa shape index (κ1) is 15.4. The molecule has 0 bridgehead atoms. The second-order valence-corrected chi connectivity index (χ2v) is 5.61. The zero-order valence-electron chi connectivity index (χ0n) is 12.2. The lowest BCUT2D eigenvalue weighted by atomic mass is 10.0. The van der Waals surface area contributed by atoms with E-state index >= 15 is 0 Å². The average Bonchev–Trinajstić information content (AvgIpc) is 2.31. The van der Waals surface area contributed by atoms with Crippen molar-refractivity contribution in [1.29, 1.82) is 0 Å². The van der Waals surface area contributed by atoms with Gasteiger partial charge in [0.1, 0.15) is 6.04 Å². The number of carbonyl (C=O) groups is 1. The van der Waals surface area contributed by atoms with Gasteiger partial charge in [0.05, 0.1) is 6.61 Å². The van der Waals surface area contributed by atoms with E-state index in [0.29, 0.717) is 12.6 Å². The Morgan fingerprint density at radius 2 is 1.94 bits per heavy atom. The number of hydrogen-bond donors (Lipinski definition) is 1. The van der Waals surface area contributed by atoms with E-state index in [4.69, 9.17) is 4.74 Å². The average molecular weight is 256 g/mol. The van der Waals surface area contributed by atoms with Crippen molar-refractivity contribution in [3.8, 4) is 0 Å². The summed E-state index contributed by atoms with van der Waals surface area (Å²) in [6, 6.07) is 0.263. The molecule has 0 radical (unpaired) electrons. The van der Waals surface area contributed by atoms with Crippen LogP contribution in [-0.4, -0.2) is 49.2 Å². The minimum Gasteiger partial charge on any atom is -0.465 e. The van der Waals surface area contributed by atoms with E-state index in [1.165, 1.54) is 6.54 Å². The minimum atomic E-state index is -0.188. The van der Waals surface area contributed by atoms with Crippen LogP contribution in [0.25, 0.3) is 0 Å². The lowest BCUT2D eigenvalue weighted by molar-refractivity contribution is -0.145. The quantitative estimate of drug-likeness (QED) is 0.734. The molecule has 1 aliphatic rings. The Kier molecular flexibility index (Phi) is 6.65. The third kappa shape index (κ3) is 5.36. The highest BCUT2D eigenvalue weighted by Crippen LogP contribution is 2.12. The molecule has 0 amide bonds. The molecule has 1 fully saturated rings. The monoisotopic (exact) mass is 256 g/mol. The van der Waals surface area contributed by atoms with Crippen LogP contribution < -0.4 is 5.32 Å². The summed E-state index contributed by atoms with van der Waals surface area (Å²) in [4.78, 5) is 14.0. The molecule has 0 spiro atoms. The minimum absolute atomic E-state index is 0.137. The molecule has 1 atom stereocenters. The molecule has 0 aromatic carbocycles. The summed E-state index contributed by atoms with van der Waals surface area (Å²) in [5.74, 6) is 0.593. The summed E-state index contributed by atoms with van der Waals surface area (Å²) in [5.41, 5.74) is 0. The molecular weight excluding hydrogens is 228 g/mol. The highest BCUT2D eigenvalue weighted by Gasteiger charge is 2.23. The van der Waals surface area contributed by atoms with Gasteiger partial charge in [0.25, 0.3) is 0 Å². The van der Waals surface area contributed by atoms with Crippen LogP contribution in [0, 0.1) is 5.92 Å². The lowest BCUT2D eigenvalue weighted by Gasteiger charge is -2.34. The van der Waals surface area contributed by atoms with E-state index in [2.05, 4.69) is 24.1 Å². The normalized spacial score (nSPS) is 20.1. The number of hydrogen-bond acceptors (Lipinski definition) is 4. The van der Waals surface area contributed by atoms with Crippen molar-refractivity contribution in [2.45, 2.75) is 52.6 Å². The van der Waals surface area contributed by atoms with Crippen LogP contribution in [0.3, 0.4) is 0 Å². The molecule has 0 aliphatic carbocycles. The standard InChI is InChI=1S/C14H28N2O2/c1-5-18-14(17)12(4)15-13-6-8-16(9-7-13)10-11(2)3/h11-13,15H,5-10H2,1-4H3. The van der Waals surface area contributed by atoms with Gasteiger partial charge in [-0.15, -0.1) is 0 Å². The number of nitrogens with zero attached hydrogens (tertiary/aromatic N) is 1. The first-order chi connectivity index (χ1) is 8.52. The van der Waals surface area contributed by atoms with Crippen LogP contribution in [0.5, 0.6) is 0 Å². The van der Waals surface area contributed by atoms with Gasteiger partial charge in [-0.3, -0.25) is 4.79 Å². The number of nitrogens with one attached hydrogen (secondary N) is 1. The molecule has 1 N–H and O–H groups in total. The van der Waals surface area contributed by atoms with Gasteiger partial charge in [-0.2, -0.15) is 0 Å². The van der Waals surface area contributed by atoms with Crippen LogP contribution >= 0.6 is 0 Å². The molecule has 106 valence electrons. The van der Waals surface area contributed by atoms with E-state index in [0.717, 1.165) is 31.8 Å². The summed E-state index contributed by atoms with van der Waals surface area (Å²) < 4.78 is 5.01. The summed E-state index contributed by atoms with van der Waals surface area (Å²) in [7, 11) is 0. The second-order valence-electron chi connectivity index (χ2n) is 5.61. The van der Waals surface area contributed by atoms with Crippen LogP contribution in [0.4, 0.5) is 0 Å². The molecule has 1 saturated heterocycles. The predicted octanol–water partition coefficient (Wildman–Crippen LogP) is 1.65. The van der Waals surface area contributed by atoms with E-state index in [9.17, 15) is 4.79 Å². The molecule has 1 unspecified atom stereocenters. The molecule has 1 aliphatic heterocycles. The van der Waals surface area contributed by atoms with Gasteiger partial charge in [0.15, 0.2) is 0 Å². The molecule has 0 aromatic heterocycles. The number of likely N-dealkylation sites (tertiary alicyclic amines) is 1. The molecule has 0 saturated carbocycles. The van der Waals surface area contributed by atoms with Crippen molar-refractivity contribution in [3.63, 3.8) is 0 Å². The smallest absolute Gasteiger partial charge is 0.322 e. The van der Waals surface area contributed by atoms with Gasteiger partial charge in [-0.25, -0.2) is 0 Å². The van der Waals surface area contributed by atoms with Crippen LogP contribution in [-0.2, 0) is 9.53 Å². The van der Waals surface area contributed by atoms with Crippen molar-refractivity contribution >= 4 is 5.97 Å². The van der Waals surface area contributed by atoms with Crippen LogP contribution in [0.1, 0.15) is 40.5 Å². The molecule has 0 aromatic rings. The van der Waals surface area contributed by atoms with Crippen LogP contribution in [0.15, 0.2) is 0 Å². The third-order valence-electron chi connectivity index (χ3n) is 3.34. The fourth-order valence-electron chi connectivity index (χ4n) is 2.49. The molecular formula is C14H28N2O2. The Morgan fingerprint density at radius 1 is 1.33 bits per heavy atom. The van der Waals surface area contributed by atoms with Crippen molar-refractivity contribution < 1.29 is 9.53 Å². The maximum Gasteiger partial charge on any atom is 0.322 e. The van der Waals surface area contributed by atoms with Gasteiger partial charge in [0, 0.05) is 12.6 Å². The number of ether oxygens (including phenoxy) is 1. The zero-order chi connectivity index (χ0) is 13.5. The van der Waals surface area contributed by atoms with Crippen LogP contribution in [0.2, 0.25) is 0 Å². The Hall–Kier alpha value is -0.610. The summed E-state index contributed by atoms with van der Waals surface area (Å²) in [6.07, 6.45) is 2.24. The van der Waals surface area contributed by atoms with Crippen molar-refractivity contribution in [1.82, 2.24) is 10.2 Å². The van der Waals surface area contributed by atoms with Gasteiger partial charge in [-0.05, 0) is 45.7 Å². The van der Waals surface area contributed by atoms with Gasteiger partial charge >= 0.3 is 5.97 Å². The largest absolute Gasteiger partial charge is 0.465 e. The zero-order valence-corrected chi connectivity index (χ0v) is 12.2.